The first-order chi connectivity index (χ1) is 17.1. The largest absolute Gasteiger partial charge is 0.493 e. The molecule has 0 aliphatic carbocycles. The van der Waals surface area contributed by atoms with E-state index >= 15 is 4.39 Å². The third-order valence-corrected chi connectivity index (χ3v) is 6.47. The second kappa shape index (κ2) is 9.04. The molecule has 0 spiro atoms. The zero-order chi connectivity index (χ0) is 25.6. The predicted molar refractivity (Wildman–Crippen MR) is 136 cm³/mol. The van der Waals surface area contributed by atoms with Gasteiger partial charge in [-0.15, -0.1) is 0 Å². The topological polar surface area (TPSA) is 82.4 Å². The summed E-state index contributed by atoms with van der Waals surface area (Å²) in [7, 11) is 3.19. The molecule has 2 aromatic heterocycles. The minimum absolute atomic E-state index is 0.100. The van der Waals surface area contributed by atoms with Gasteiger partial charge in [-0.05, 0) is 63.3 Å². The van der Waals surface area contributed by atoms with Gasteiger partial charge >= 0.3 is 6.09 Å². The molecule has 188 valence electrons. The van der Waals surface area contributed by atoms with Crippen LogP contribution in [0.15, 0.2) is 36.7 Å². The van der Waals surface area contributed by atoms with Crippen LogP contribution in [0.4, 0.5) is 9.18 Å². The Balaban J connectivity index is 1.38. The molecule has 1 saturated heterocycles. The summed E-state index contributed by atoms with van der Waals surface area (Å²) in [6.45, 7) is 6.95. The summed E-state index contributed by atoms with van der Waals surface area (Å²) in [5.74, 6) is -0.0828. The number of halogens is 1. The number of fused-ring (bicyclic) bond motifs is 2. The fourth-order valence-electron chi connectivity index (χ4n) is 4.75. The number of aryl methyl sites for hydroxylation is 1. The third kappa shape index (κ3) is 4.57. The third-order valence-electron chi connectivity index (χ3n) is 6.47. The number of carbonyl (C=O) groups excluding carboxylic acids is 1. The van der Waals surface area contributed by atoms with Crippen molar-refractivity contribution in [2.24, 2.45) is 7.05 Å². The van der Waals surface area contributed by atoms with Gasteiger partial charge in [-0.3, -0.25) is 9.67 Å². The molecule has 0 unspecified atom stereocenters. The van der Waals surface area contributed by atoms with Crippen molar-refractivity contribution in [1.82, 2.24) is 24.6 Å². The number of likely N-dealkylation sites (tertiary alicyclic amines) is 1. The van der Waals surface area contributed by atoms with Gasteiger partial charge in [0.05, 0.1) is 30.0 Å². The SMILES string of the molecule is COc1c(-c2cnc3cc(C4CCN(C(=O)OC(C)(C)C)CC4)ccc3n2)cc2cn(C)nc2c1F. The standard InChI is InChI=1S/C27H30FN5O3/c1-27(2,3)36-26(34)33-10-8-16(9-11-33)17-6-7-20-21(13-17)29-14-22(30-20)19-12-18-15-32(4)31-24(18)23(28)25(19)35-5/h6-7,12-16H,8-11H2,1-5H3. The maximum atomic E-state index is 15.1. The summed E-state index contributed by atoms with van der Waals surface area (Å²) in [6, 6.07) is 7.90. The Morgan fingerprint density at radius 1 is 1.14 bits per heavy atom. The van der Waals surface area contributed by atoms with Gasteiger partial charge in [-0.2, -0.15) is 5.10 Å². The highest BCUT2D eigenvalue weighted by atomic mass is 19.1. The van der Waals surface area contributed by atoms with Crippen molar-refractivity contribution in [1.29, 1.82) is 0 Å². The molecule has 8 nitrogen and oxygen atoms in total. The Labute approximate surface area is 209 Å². The van der Waals surface area contributed by atoms with E-state index in [2.05, 4.69) is 22.2 Å². The molecule has 1 fully saturated rings. The van der Waals surface area contributed by atoms with Gasteiger partial charge in [0.2, 0.25) is 0 Å². The average molecular weight is 492 g/mol. The van der Waals surface area contributed by atoms with Gasteiger partial charge in [-0.1, -0.05) is 6.07 Å². The fourth-order valence-corrected chi connectivity index (χ4v) is 4.75. The molecule has 0 saturated carbocycles. The monoisotopic (exact) mass is 491 g/mol. The summed E-state index contributed by atoms with van der Waals surface area (Å²) in [4.78, 5) is 23.5. The molecule has 1 amide bonds. The minimum atomic E-state index is -0.513. The van der Waals surface area contributed by atoms with Crippen LogP contribution in [0.1, 0.15) is 45.1 Å². The molecule has 0 N–H and O–H groups in total. The van der Waals surface area contributed by atoms with Crippen molar-refractivity contribution in [2.45, 2.75) is 45.1 Å². The summed E-state index contributed by atoms with van der Waals surface area (Å²) >= 11 is 0. The lowest BCUT2D eigenvalue weighted by molar-refractivity contribution is 0.0205. The molecule has 1 aliphatic rings. The van der Waals surface area contributed by atoms with Crippen LogP contribution < -0.4 is 4.74 Å². The minimum Gasteiger partial charge on any atom is -0.493 e. The predicted octanol–water partition coefficient (Wildman–Crippen LogP) is 5.45. The number of ether oxygens (including phenoxy) is 2. The van der Waals surface area contributed by atoms with E-state index in [-0.39, 0.29) is 17.4 Å². The number of hydrogen-bond acceptors (Lipinski definition) is 6. The molecule has 0 radical (unpaired) electrons. The van der Waals surface area contributed by atoms with Crippen molar-refractivity contribution in [3.63, 3.8) is 0 Å². The first-order valence-corrected chi connectivity index (χ1v) is 12.1. The number of piperidine rings is 1. The van der Waals surface area contributed by atoms with E-state index in [4.69, 9.17) is 14.5 Å². The lowest BCUT2D eigenvalue weighted by atomic mass is 9.89. The van der Waals surface area contributed by atoms with E-state index < -0.39 is 11.4 Å². The molecule has 4 aromatic rings. The summed E-state index contributed by atoms with van der Waals surface area (Å²) in [5, 5.41) is 4.85. The molecule has 0 atom stereocenters. The van der Waals surface area contributed by atoms with Crippen LogP contribution in [0.5, 0.6) is 5.75 Å². The molecule has 1 aliphatic heterocycles. The second-order valence-corrected chi connectivity index (χ2v) is 10.3. The van der Waals surface area contributed by atoms with E-state index in [9.17, 15) is 4.79 Å². The Bertz CT molecular complexity index is 1450. The molecule has 0 bridgehead atoms. The van der Waals surface area contributed by atoms with Crippen LogP contribution >= 0.6 is 0 Å². The van der Waals surface area contributed by atoms with E-state index in [1.807, 2.05) is 32.9 Å². The van der Waals surface area contributed by atoms with Crippen molar-refractivity contribution < 1.29 is 18.7 Å². The Morgan fingerprint density at radius 2 is 1.89 bits per heavy atom. The van der Waals surface area contributed by atoms with Crippen LogP contribution in [0, 0.1) is 5.82 Å². The van der Waals surface area contributed by atoms with E-state index in [1.165, 1.54) is 12.7 Å². The van der Waals surface area contributed by atoms with Crippen molar-refractivity contribution >= 4 is 28.0 Å². The van der Waals surface area contributed by atoms with Gasteiger partial charge in [-0.25, -0.2) is 14.2 Å². The number of rotatable bonds is 3. The van der Waals surface area contributed by atoms with Gasteiger partial charge in [0, 0.05) is 37.3 Å². The molecular weight excluding hydrogens is 461 g/mol. The van der Waals surface area contributed by atoms with Crippen molar-refractivity contribution in [2.75, 3.05) is 20.2 Å². The lowest BCUT2D eigenvalue weighted by Gasteiger charge is -2.33. The lowest BCUT2D eigenvalue weighted by Crippen LogP contribution is -2.41. The summed E-state index contributed by atoms with van der Waals surface area (Å²) < 4.78 is 27.5. The maximum Gasteiger partial charge on any atom is 0.410 e. The van der Waals surface area contributed by atoms with E-state index in [1.54, 1.807) is 29.0 Å². The van der Waals surface area contributed by atoms with E-state index in [0.717, 1.165) is 23.9 Å². The zero-order valence-corrected chi connectivity index (χ0v) is 21.2. The number of benzene rings is 2. The summed E-state index contributed by atoms with van der Waals surface area (Å²) in [6.07, 6.45) is 4.87. The zero-order valence-electron chi connectivity index (χ0n) is 21.2. The molecule has 9 heteroatoms. The van der Waals surface area contributed by atoms with Gasteiger partial charge in [0.15, 0.2) is 11.6 Å². The van der Waals surface area contributed by atoms with Crippen LogP contribution in [0.25, 0.3) is 33.2 Å². The van der Waals surface area contributed by atoms with Crippen molar-refractivity contribution in [3.8, 4) is 17.0 Å². The normalized spacial score (nSPS) is 15.0. The first kappa shape index (κ1) is 24.0. The van der Waals surface area contributed by atoms with Gasteiger partial charge in [0.25, 0.3) is 0 Å². The highest BCUT2D eigenvalue weighted by Gasteiger charge is 2.28. The average Bonchev–Trinajstić information content (AvgIpc) is 3.23. The molecule has 3 heterocycles. The van der Waals surface area contributed by atoms with E-state index in [0.29, 0.717) is 35.7 Å². The fraction of sp³-hybridized carbons (Fsp3) is 0.407. The number of carbonyl (C=O) groups is 1. The maximum absolute atomic E-state index is 15.1. The molecule has 5 rings (SSSR count). The second-order valence-electron chi connectivity index (χ2n) is 10.3. The highest BCUT2D eigenvalue weighted by molar-refractivity contribution is 5.89. The Hall–Kier alpha value is -3.75. The Morgan fingerprint density at radius 3 is 2.58 bits per heavy atom. The van der Waals surface area contributed by atoms with Crippen LogP contribution in [0.3, 0.4) is 0 Å². The first-order valence-electron chi connectivity index (χ1n) is 12.1. The van der Waals surface area contributed by atoms with Gasteiger partial charge in [0.1, 0.15) is 11.1 Å². The number of amides is 1. The van der Waals surface area contributed by atoms with Crippen LogP contribution in [-0.2, 0) is 11.8 Å². The number of methoxy groups -OCH3 is 1. The highest BCUT2D eigenvalue weighted by Crippen LogP contribution is 2.37. The Kier molecular flexibility index (Phi) is 6.02. The van der Waals surface area contributed by atoms with Crippen molar-refractivity contribution in [3.05, 3.63) is 48.0 Å². The number of aromatic nitrogens is 4. The number of hydrogen-bond donors (Lipinski definition) is 0. The molecule has 2 aromatic carbocycles. The van der Waals surface area contributed by atoms with Crippen LogP contribution in [-0.4, -0.2) is 56.5 Å². The molecule has 36 heavy (non-hydrogen) atoms. The van der Waals surface area contributed by atoms with Crippen LogP contribution in [0.2, 0.25) is 0 Å². The smallest absolute Gasteiger partial charge is 0.410 e. The quantitative estimate of drug-likeness (QED) is 0.379. The molecular formula is C27H30FN5O3. The van der Waals surface area contributed by atoms with Gasteiger partial charge < -0.3 is 14.4 Å². The summed E-state index contributed by atoms with van der Waals surface area (Å²) in [5.41, 5.74) is 3.49. The number of nitrogens with zero attached hydrogens (tertiary/aromatic N) is 5.